The molecule has 0 heterocycles. The SMILES string of the molecule is CC1=CC=C[C]1([Ti+3])[Si](c1cc(C(C)(C)C)cc(C(C)(C)C)c1)(c1cc(C(C)(C)C)cc(C(C)(C)C)c1)c1cc(C(C)(C)C)cc(C(C)(C)C)c1.[Cl-].[Cl-].[Cl-]. The van der Waals surface area contributed by atoms with Crippen LogP contribution in [0.4, 0.5) is 0 Å². The van der Waals surface area contributed by atoms with Gasteiger partial charge in [-0.3, -0.25) is 0 Å². The van der Waals surface area contributed by atoms with Crippen LogP contribution in [0.3, 0.4) is 0 Å². The molecule has 0 aromatic heterocycles. The largest absolute Gasteiger partial charge is 1.00 e. The van der Waals surface area contributed by atoms with Crippen molar-refractivity contribution in [2.24, 2.45) is 0 Å². The van der Waals surface area contributed by atoms with Gasteiger partial charge in [0, 0.05) is 0 Å². The molecule has 290 valence electrons. The van der Waals surface area contributed by atoms with Crippen LogP contribution in [-0.2, 0) is 52.9 Å². The van der Waals surface area contributed by atoms with Gasteiger partial charge in [0.25, 0.3) is 0 Å². The smallest absolute Gasteiger partial charge is 1.00 e. The van der Waals surface area contributed by atoms with E-state index < -0.39 is 8.07 Å². The normalized spacial score (nSPS) is 17.1. The fraction of sp³-hybridized carbons (Fsp3) is 0.542. The summed E-state index contributed by atoms with van der Waals surface area (Å²) in [6.45, 7) is 45.4. The predicted octanol–water partition coefficient (Wildman–Crippen LogP) is 2.71. The second kappa shape index (κ2) is 16.1. The molecule has 1 atom stereocenters. The maximum absolute atomic E-state index is 2.99. The minimum Gasteiger partial charge on any atom is -1.00 e. The first-order valence-corrected chi connectivity index (χ1v) is 21.7. The van der Waals surface area contributed by atoms with Crippen LogP contribution in [0.5, 0.6) is 0 Å². The van der Waals surface area contributed by atoms with Crippen molar-refractivity contribution >= 4 is 23.6 Å². The van der Waals surface area contributed by atoms with E-state index in [1.165, 1.54) is 54.5 Å². The second-order valence-corrected chi connectivity index (χ2v) is 27.7. The van der Waals surface area contributed by atoms with Gasteiger partial charge in [0.05, 0.1) is 0 Å². The van der Waals surface area contributed by atoms with Crippen LogP contribution < -0.4 is 52.8 Å². The Bertz CT molecular complexity index is 1540. The number of rotatable bonds is 4. The Kier molecular flexibility index (Phi) is 15.1. The Morgan fingerprint density at radius 2 is 0.604 bits per heavy atom. The van der Waals surface area contributed by atoms with Crippen molar-refractivity contribution in [3.63, 3.8) is 0 Å². The average Bonchev–Trinajstić information content (AvgIpc) is 3.28. The molecule has 0 saturated carbocycles. The molecule has 0 fully saturated rings. The number of hydrogen-bond donors (Lipinski definition) is 0. The molecule has 4 rings (SSSR count). The molecular weight excluding hydrogens is 759 g/mol. The van der Waals surface area contributed by atoms with E-state index in [0.717, 1.165) is 0 Å². The van der Waals surface area contributed by atoms with Crippen LogP contribution in [0, 0.1) is 0 Å². The first kappa shape index (κ1) is 50.0. The van der Waals surface area contributed by atoms with E-state index in [9.17, 15) is 0 Å². The van der Waals surface area contributed by atoms with Gasteiger partial charge in [0.2, 0.25) is 0 Å². The van der Waals surface area contributed by atoms with E-state index in [4.69, 9.17) is 0 Å². The monoisotopic (exact) mass is 826 g/mol. The molecule has 0 N–H and O–H groups in total. The van der Waals surface area contributed by atoms with Gasteiger partial charge in [0.15, 0.2) is 0 Å². The molecule has 0 amide bonds. The number of benzene rings is 3. The van der Waals surface area contributed by atoms with Crippen LogP contribution in [-0.4, -0.2) is 8.07 Å². The Hall–Kier alpha value is -1.06. The van der Waals surface area contributed by atoms with Gasteiger partial charge in [-0.05, 0) is 0 Å². The quantitative estimate of drug-likeness (QED) is 0.281. The zero-order valence-corrected chi connectivity index (χ0v) is 41.4. The summed E-state index contributed by atoms with van der Waals surface area (Å²) in [5, 5.41) is 4.57. The van der Waals surface area contributed by atoms with Gasteiger partial charge < -0.3 is 37.2 Å². The Morgan fingerprint density at radius 1 is 0.396 bits per heavy atom. The molecule has 1 unspecified atom stereocenters. The summed E-state index contributed by atoms with van der Waals surface area (Å²) in [6.07, 6.45) is 7.33. The van der Waals surface area contributed by atoms with Gasteiger partial charge in [-0.15, -0.1) is 0 Å². The number of allylic oxidation sites excluding steroid dienone is 4. The van der Waals surface area contributed by atoms with Crippen molar-refractivity contribution in [1.82, 2.24) is 0 Å². The molecule has 3 aromatic carbocycles. The predicted molar refractivity (Wildman–Crippen MR) is 222 cm³/mol. The summed E-state index contributed by atoms with van der Waals surface area (Å²) >= 11 is 2.58. The first-order valence-electron chi connectivity index (χ1n) is 18.9. The fourth-order valence-electron chi connectivity index (χ4n) is 7.33. The van der Waals surface area contributed by atoms with Gasteiger partial charge in [0.1, 0.15) is 0 Å². The maximum atomic E-state index is 2.65. The Morgan fingerprint density at radius 3 is 0.755 bits per heavy atom. The Labute approximate surface area is 357 Å². The number of hydrogen-bond acceptors (Lipinski definition) is 0. The molecule has 53 heavy (non-hydrogen) atoms. The van der Waals surface area contributed by atoms with Gasteiger partial charge >= 0.3 is 323 Å². The van der Waals surface area contributed by atoms with E-state index >= 15 is 0 Å². The van der Waals surface area contributed by atoms with Crippen molar-refractivity contribution in [3.05, 3.63) is 112 Å². The van der Waals surface area contributed by atoms with Crippen molar-refractivity contribution in [2.75, 3.05) is 0 Å². The molecule has 0 nitrogen and oxygen atoms in total. The van der Waals surface area contributed by atoms with Crippen LogP contribution in [0.1, 0.15) is 165 Å². The standard InChI is InChI=1S/C48H69Si.3ClH.Ti/c1-32-21-20-22-42(32)49(39-26-33(43(2,3)4)23-34(27-39)44(5,6)7,40-28-35(45(8,9)10)24-36(29-40)46(11,12)13)41-30-37(47(14,15)16)25-38(31-41)48(17,18)19;;;;/h20-31H,1-19H3;3*1H;/q;;;;+3/p-3. The zero-order chi connectivity index (χ0) is 38.3. The summed E-state index contributed by atoms with van der Waals surface area (Å²) in [7, 11) is -2.99. The first-order chi connectivity index (χ1) is 22.3. The summed E-state index contributed by atoms with van der Waals surface area (Å²) in [5.41, 5.74) is 10.0. The maximum Gasteiger partial charge on any atom is -1.00 e. The van der Waals surface area contributed by atoms with E-state index in [0.29, 0.717) is 0 Å². The molecular formula is C48H69Cl3SiTi. The van der Waals surface area contributed by atoms with Gasteiger partial charge in [-0.2, -0.15) is 0 Å². The molecule has 0 radical (unpaired) electrons. The minimum absolute atomic E-state index is 0. The van der Waals surface area contributed by atoms with Crippen LogP contribution >= 0.6 is 0 Å². The Balaban J connectivity index is 0.00000468. The number of halogens is 3. The van der Waals surface area contributed by atoms with E-state index in [2.05, 4.69) is 225 Å². The van der Waals surface area contributed by atoms with Crippen LogP contribution in [0.15, 0.2) is 78.4 Å². The van der Waals surface area contributed by atoms with Gasteiger partial charge in [-0.1, -0.05) is 0 Å². The third-order valence-electron chi connectivity index (χ3n) is 11.2. The van der Waals surface area contributed by atoms with Crippen LogP contribution in [0.2, 0.25) is 3.34 Å². The molecule has 0 aliphatic heterocycles. The topological polar surface area (TPSA) is 0 Å². The summed E-state index contributed by atoms with van der Waals surface area (Å²) in [5.74, 6) is 0. The van der Waals surface area contributed by atoms with E-state index in [-0.39, 0.29) is 73.1 Å². The second-order valence-electron chi connectivity index (χ2n) is 21.7. The third kappa shape index (κ3) is 9.91. The minimum atomic E-state index is -2.99. The molecule has 0 bridgehead atoms. The molecule has 5 heteroatoms. The fourth-order valence-corrected chi connectivity index (χ4v) is 15.3. The molecule has 3 aromatic rings. The summed E-state index contributed by atoms with van der Waals surface area (Å²) in [4.78, 5) is 0. The van der Waals surface area contributed by atoms with E-state index in [1.54, 1.807) is 0 Å². The van der Waals surface area contributed by atoms with Crippen molar-refractivity contribution in [1.29, 1.82) is 0 Å². The average molecular weight is 828 g/mol. The third-order valence-corrected chi connectivity index (χ3v) is 19.0. The van der Waals surface area contributed by atoms with E-state index in [1.807, 2.05) is 0 Å². The summed E-state index contributed by atoms with van der Waals surface area (Å²) < 4.78 is -0.198. The molecule has 0 saturated heterocycles. The van der Waals surface area contributed by atoms with Crippen molar-refractivity contribution in [3.8, 4) is 0 Å². The van der Waals surface area contributed by atoms with Crippen LogP contribution in [0.25, 0.3) is 0 Å². The summed E-state index contributed by atoms with van der Waals surface area (Å²) in [6, 6.07) is 23.4. The van der Waals surface area contributed by atoms with Crippen molar-refractivity contribution < 1.29 is 57.7 Å². The molecule has 0 spiro atoms. The molecule has 1 aliphatic carbocycles. The zero-order valence-electron chi connectivity index (χ0n) is 36.6. The van der Waals surface area contributed by atoms with Gasteiger partial charge in [-0.25, -0.2) is 0 Å². The van der Waals surface area contributed by atoms with Crippen molar-refractivity contribution in [2.45, 2.75) is 167 Å². The molecule has 1 aliphatic rings.